The summed E-state index contributed by atoms with van der Waals surface area (Å²) in [5.74, 6) is -0.0617. The lowest BCUT2D eigenvalue weighted by Crippen LogP contribution is -2.13. The quantitative estimate of drug-likeness (QED) is 0.380. The van der Waals surface area contributed by atoms with E-state index in [9.17, 15) is 13.2 Å². The Kier molecular flexibility index (Phi) is 6.10. The Morgan fingerprint density at radius 2 is 1.81 bits per heavy atom. The molecule has 2 aromatic carbocycles. The molecule has 0 spiro atoms. The maximum Gasteiger partial charge on any atom is 0.177 e. The van der Waals surface area contributed by atoms with Gasteiger partial charge in [0.25, 0.3) is 0 Å². The van der Waals surface area contributed by atoms with E-state index in [0.717, 1.165) is 23.1 Å². The molecule has 0 aliphatic carbocycles. The number of fused-ring (bicyclic) bond motifs is 1. The topological polar surface area (TPSA) is 78.3 Å². The van der Waals surface area contributed by atoms with Crippen LogP contribution in [0.4, 0.5) is 0 Å². The number of carbonyl (C=O) groups excluding carboxylic acids is 1. The monoisotopic (exact) mass is 448 g/mol. The highest BCUT2D eigenvalue weighted by Crippen LogP contribution is 2.36. The first-order valence-electron chi connectivity index (χ1n) is 10.2. The van der Waals surface area contributed by atoms with E-state index in [4.69, 9.17) is 4.74 Å². The van der Waals surface area contributed by atoms with E-state index >= 15 is 0 Å². The van der Waals surface area contributed by atoms with Crippen LogP contribution >= 0.6 is 0 Å². The van der Waals surface area contributed by atoms with Crippen molar-refractivity contribution in [2.24, 2.45) is 7.05 Å². The van der Waals surface area contributed by atoms with Gasteiger partial charge in [0.05, 0.1) is 16.5 Å². The van der Waals surface area contributed by atoms with E-state index in [-0.39, 0.29) is 11.5 Å². The summed E-state index contributed by atoms with van der Waals surface area (Å²) in [6.45, 7) is 0.269. The van der Waals surface area contributed by atoms with Crippen molar-refractivity contribution in [3.05, 3.63) is 89.9 Å². The van der Waals surface area contributed by atoms with Gasteiger partial charge in [-0.3, -0.25) is 4.98 Å². The van der Waals surface area contributed by atoms with Gasteiger partial charge < -0.3 is 14.1 Å². The molecular weight excluding hydrogens is 424 g/mol. The Bertz CT molecular complexity index is 1350. The zero-order valence-electron chi connectivity index (χ0n) is 17.9. The first-order valence-corrected chi connectivity index (χ1v) is 12.1. The molecule has 0 aliphatic rings. The van der Waals surface area contributed by atoms with Gasteiger partial charge in [0, 0.05) is 36.1 Å². The minimum Gasteiger partial charge on any atom is -0.487 e. The third-order valence-electron chi connectivity index (χ3n) is 5.47. The summed E-state index contributed by atoms with van der Waals surface area (Å²) in [7, 11) is -1.82. The van der Waals surface area contributed by atoms with E-state index in [2.05, 4.69) is 4.98 Å². The van der Waals surface area contributed by atoms with Crippen LogP contribution in [0.3, 0.4) is 0 Å². The fourth-order valence-electron chi connectivity index (χ4n) is 4.02. The molecule has 0 fully saturated rings. The first kappa shape index (κ1) is 21.8. The van der Waals surface area contributed by atoms with E-state index in [1.807, 2.05) is 54.6 Å². The Labute approximate surface area is 187 Å². The third kappa shape index (κ3) is 4.43. The predicted octanol–water partition coefficient (Wildman–Crippen LogP) is 4.08. The Balaban J connectivity index is 1.78. The van der Waals surface area contributed by atoms with Crippen molar-refractivity contribution in [3.63, 3.8) is 0 Å². The van der Waals surface area contributed by atoms with Gasteiger partial charge in [-0.2, -0.15) is 0 Å². The Morgan fingerprint density at radius 3 is 2.47 bits per heavy atom. The average Bonchev–Trinajstić information content (AvgIpc) is 3.09. The second kappa shape index (κ2) is 8.96. The number of benzene rings is 2. The minimum absolute atomic E-state index is 0.173. The number of nitrogens with zero attached hydrogens (tertiary/aromatic N) is 2. The average molecular weight is 449 g/mol. The zero-order chi connectivity index (χ0) is 22.7. The molecule has 1 atom stereocenters. The second-order valence-electron chi connectivity index (χ2n) is 7.77. The predicted molar refractivity (Wildman–Crippen MR) is 124 cm³/mol. The molecule has 4 aromatic rings. The van der Waals surface area contributed by atoms with Crippen molar-refractivity contribution < 1.29 is 17.9 Å². The normalized spacial score (nSPS) is 12.6. The molecule has 4 rings (SSSR count). The van der Waals surface area contributed by atoms with Crippen molar-refractivity contribution in [2.75, 3.05) is 6.26 Å². The van der Waals surface area contributed by atoms with Gasteiger partial charge in [0.2, 0.25) is 0 Å². The number of pyridine rings is 1. The molecule has 0 bridgehead atoms. The summed E-state index contributed by atoms with van der Waals surface area (Å²) in [5, 5.41) is 0.545. The number of rotatable bonds is 8. The molecule has 0 saturated heterocycles. The van der Waals surface area contributed by atoms with Gasteiger partial charge in [-0.25, -0.2) is 8.42 Å². The van der Waals surface area contributed by atoms with E-state index in [1.54, 1.807) is 29.9 Å². The van der Waals surface area contributed by atoms with Crippen LogP contribution in [0.2, 0.25) is 0 Å². The van der Waals surface area contributed by atoms with Crippen LogP contribution in [-0.2, 0) is 34.7 Å². The summed E-state index contributed by atoms with van der Waals surface area (Å²) in [4.78, 5) is 16.5. The highest BCUT2D eigenvalue weighted by atomic mass is 32.2. The number of aromatic nitrogens is 2. The molecular formula is C25H24N2O4S. The molecule has 0 aliphatic heterocycles. The van der Waals surface area contributed by atoms with Crippen molar-refractivity contribution >= 4 is 27.0 Å². The van der Waals surface area contributed by atoms with Crippen molar-refractivity contribution in [3.8, 4) is 5.75 Å². The van der Waals surface area contributed by atoms with Crippen molar-refractivity contribution in [2.45, 2.75) is 23.8 Å². The first-order chi connectivity index (χ1) is 15.4. The largest absolute Gasteiger partial charge is 0.487 e. The molecule has 2 aromatic heterocycles. The standard InChI is InChI=1S/C25H24N2O4S/c1-27-23-12-11-21(31-17-20-10-6-7-13-26-20)15-22(23)25(32(2,29)30)24(27)19(16-28)14-18-8-4-3-5-9-18/h3-13,15-16,19H,14,17H2,1-2H3. The van der Waals surface area contributed by atoms with Crippen molar-refractivity contribution in [1.29, 1.82) is 0 Å². The van der Waals surface area contributed by atoms with Crippen LogP contribution in [0.5, 0.6) is 5.75 Å². The fraction of sp³-hybridized carbons (Fsp3) is 0.200. The molecule has 0 N–H and O–H groups in total. The number of aldehydes is 1. The van der Waals surface area contributed by atoms with Gasteiger partial charge in [-0.15, -0.1) is 0 Å². The number of ether oxygens (including phenoxy) is 1. The van der Waals surface area contributed by atoms with E-state index in [0.29, 0.717) is 23.3 Å². The van der Waals surface area contributed by atoms with Crippen LogP contribution in [-0.4, -0.2) is 30.5 Å². The maximum absolute atomic E-state index is 12.9. The van der Waals surface area contributed by atoms with Gasteiger partial charge >= 0.3 is 0 Å². The Hall–Kier alpha value is -3.45. The molecule has 164 valence electrons. The number of carbonyl (C=O) groups is 1. The Morgan fingerprint density at radius 1 is 1.06 bits per heavy atom. The fourth-order valence-corrected chi connectivity index (χ4v) is 5.26. The number of sulfone groups is 1. The molecule has 0 amide bonds. The molecule has 2 heterocycles. The summed E-state index contributed by atoms with van der Waals surface area (Å²) < 4.78 is 33.4. The maximum atomic E-state index is 12.9. The SMILES string of the molecule is Cn1c(C(C=O)Cc2ccccc2)c(S(C)(=O)=O)c2cc(OCc3ccccn3)ccc21. The third-order valence-corrected chi connectivity index (χ3v) is 6.64. The lowest BCUT2D eigenvalue weighted by Gasteiger charge is -2.14. The van der Waals surface area contributed by atoms with E-state index in [1.165, 1.54) is 6.26 Å². The summed E-state index contributed by atoms with van der Waals surface area (Å²) in [5.41, 5.74) is 2.95. The van der Waals surface area contributed by atoms with Crippen LogP contribution in [0.15, 0.2) is 77.8 Å². The highest BCUT2D eigenvalue weighted by Gasteiger charge is 2.28. The van der Waals surface area contributed by atoms with Gasteiger partial charge in [0.15, 0.2) is 9.84 Å². The molecule has 6 nitrogen and oxygen atoms in total. The molecule has 1 unspecified atom stereocenters. The minimum atomic E-state index is -3.62. The van der Waals surface area contributed by atoms with Crippen LogP contribution in [0, 0.1) is 0 Å². The van der Waals surface area contributed by atoms with Crippen LogP contribution in [0.25, 0.3) is 10.9 Å². The number of aryl methyl sites for hydroxylation is 1. The summed E-state index contributed by atoms with van der Waals surface area (Å²) in [6, 6.07) is 20.5. The second-order valence-corrected chi connectivity index (χ2v) is 9.72. The highest BCUT2D eigenvalue weighted by molar-refractivity contribution is 7.91. The van der Waals surface area contributed by atoms with Gasteiger partial charge in [0.1, 0.15) is 18.6 Å². The van der Waals surface area contributed by atoms with Gasteiger partial charge in [-0.05, 0) is 42.3 Å². The smallest absolute Gasteiger partial charge is 0.177 e. The number of hydrogen-bond donors (Lipinski definition) is 0. The van der Waals surface area contributed by atoms with E-state index < -0.39 is 15.8 Å². The van der Waals surface area contributed by atoms with Crippen molar-refractivity contribution in [1.82, 2.24) is 9.55 Å². The summed E-state index contributed by atoms with van der Waals surface area (Å²) >= 11 is 0. The molecule has 0 saturated carbocycles. The van der Waals surface area contributed by atoms with Crippen LogP contribution in [0.1, 0.15) is 22.9 Å². The molecule has 0 radical (unpaired) electrons. The van der Waals surface area contributed by atoms with Gasteiger partial charge in [-0.1, -0.05) is 36.4 Å². The number of hydrogen-bond acceptors (Lipinski definition) is 5. The van der Waals surface area contributed by atoms with Crippen LogP contribution < -0.4 is 4.74 Å². The molecule has 32 heavy (non-hydrogen) atoms. The zero-order valence-corrected chi connectivity index (χ0v) is 18.7. The lowest BCUT2D eigenvalue weighted by molar-refractivity contribution is -0.109. The summed E-state index contributed by atoms with van der Waals surface area (Å²) in [6.07, 6.45) is 4.12. The molecule has 7 heteroatoms. The lowest BCUT2D eigenvalue weighted by atomic mass is 9.97.